The summed E-state index contributed by atoms with van der Waals surface area (Å²) in [7, 11) is 0. The molecule has 1 fully saturated rings. The molecule has 0 bridgehead atoms. The first-order valence-electron chi connectivity index (χ1n) is 7.93. The Hall–Kier alpha value is -2.18. The largest absolute Gasteiger partial charge is 0.378 e. The quantitative estimate of drug-likeness (QED) is 0.833. The van der Waals surface area contributed by atoms with E-state index in [4.69, 9.17) is 17.0 Å². The first-order chi connectivity index (χ1) is 11.7. The Kier molecular flexibility index (Phi) is 5.61. The van der Waals surface area contributed by atoms with Crippen LogP contribution in [0.15, 0.2) is 48.5 Å². The SMILES string of the molecule is Fc1ccc(CNC(=S)Nc2ccccc2N2CCOCC2)cc1. The fourth-order valence-electron chi connectivity index (χ4n) is 2.61. The summed E-state index contributed by atoms with van der Waals surface area (Å²) in [6.07, 6.45) is 0. The van der Waals surface area contributed by atoms with Gasteiger partial charge in [0, 0.05) is 19.6 Å². The topological polar surface area (TPSA) is 36.5 Å². The molecule has 1 heterocycles. The normalized spacial score (nSPS) is 14.3. The summed E-state index contributed by atoms with van der Waals surface area (Å²) in [6, 6.07) is 14.5. The fraction of sp³-hybridized carbons (Fsp3) is 0.278. The van der Waals surface area contributed by atoms with E-state index in [1.165, 1.54) is 12.1 Å². The Morgan fingerprint density at radius 2 is 1.79 bits per heavy atom. The highest BCUT2D eigenvalue weighted by Crippen LogP contribution is 2.26. The van der Waals surface area contributed by atoms with Crippen LogP contribution in [0, 0.1) is 5.82 Å². The van der Waals surface area contributed by atoms with Gasteiger partial charge < -0.3 is 20.3 Å². The average Bonchev–Trinajstić information content (AvgIpc) is 2.62. The van der Waals surface area contributed by atoms with Crippen molar-refractivity contribution in [2.45, 2.75) is 6.54 Å². The number of ether oxygens (including phenoxy) is 1. The van der Waals surface area contributed by atoms with Crippen molar-refractivity contribution in [1.82, 2.24) is 5.32 Å². The van der Waals surface area contributed by atoms with E-state index in [9.17, 15) is 4.39 Å². The molecule has 3 rings (SSSR count). The molecular formula is C18H20FN3OS. The van der Waals surface area contributed by atoms with Gasteiger partial charge in [0.15, 0.2) is 5.11 Å². The molecule has 126 valence electrons. The molecule has 2 aromatic rings. The molecule has 0 atom stereocenters. The van der Waals surface area contributed by atoms with Gasteiger partial charge in [0.1, 0.15) is 5.82 Å². The van der Waals surface area contributed by atoms with E-state index in [1.807, 2.05) is 18.2 Å². The van der Waals surface area contributed by atoms with Gasteiger partial charge in [0.2, 0.25) is 0 Å². The number of morpholine rings is 1. The smallest absolute Gasteiger partial charge is 0.171 e. The third-order valence-corrected chi connectivity index (χ3v) is 4.12. The van der Waals surface area contributed by atoms with Crippen LogP contribution in [0.4, 0.5) is 15.8 Å². The Bertz CT molecular complexity index is 687. The maximum absolute atomic E-state index is 12.9. The number of thiocarbonyl (C=S) groups is 1. The van der Waals surface area contributed by atoms with Crippen LogP contribution in [0.2, 0.25) is 0 Å². The van der Waals surface area contributed by atoms with Crippen molar-refractivity contribution >= 4 is 28.7 Å². The molecule has 2 aromatic carbocycles. The molecule has 6 heteroatoms. The van der Waals surface area contributed by atoms with Crippen LogP contribution in [-0.4, -0.2) is 31.4 Å². The minimum Gasteiger partial charge on any atom is -0.378 e. The number of benzene rings is 2. The number of halogens is 1. The maximum Gasteiger partial charge on any atom is 0.171 e. The van der Waals surface area contributed by atoms with Crippen molar-refractivity contribution < 1.29 is 9.13 Å². The molecule has 1 aliphatic heterocycles. The van der Waals surface area contributed by atoms with Crippen molar-refractivity contribution in [3.05, 3.63) is 59.9 Å². The second-order valence-electron chi connectivity index (χ2n) is 5.55. The summed E-state index contributed by atoms with van der Waals surface area (Å²) in [5.74, 6) is -0.237. The summed E-state index contributed by atoms with van der Waals surface area (Å²) in [5.41, 5.74) is 3.06. The van der Waals surface area contributed by atoms with E-state index in [-0.39, 0.29) is 5.82 Å². The summed E-state index contributed by atoms with van der Waals surface area (Å²) in [4.78, 5) is 2.29. The molecule has 0 aromatic heterocycles. The molecule has 0 spiro atoms. The zero-order chi connectivity index (χ0) is 16.8. The van der Waals surface area contributed by atoms with Crippen LogP contribution in [0.5, 0.6) is 0 Å². The zero-order valence-electron chi connectivity index (χ0n) is 13.3. The standard InChI is InChI=1S/C18H20FN3OS/c19-15-7-5-14(6-8-15)13-20-18(24)21-16-3-1-2-4-17(16)22-9-11-23-12-10-22/h1-8H,9-13H2,(H2,20,21,24). The third kappa shape index (κ3) is 4.43. The molecule has 0 unspecified atom stereocenters. The van der Waals surface area contributed by atoms with Crippen LogP contribution < -0.4 is 15.5 Å². The minimum atomic E-state index is -0.237. The molecule has 0 saturated carbocycles. The van der Waals surface area contributed by atoms with Gasteiger partial charge in [0.05, 0.1) is 24.6 Å². The van der Waals surface area contributed by atoms with E-state index in [1.54, 1.807) is 12.1 Å². The van der Waals surface area contributed by atoms with Gasteiger partial charge in [-0.1, -0.05) is 24.3 Å². The lowest BCUT2D eigenvalue weighted by Gasteiger charge is -2.30. The van der Waals surface area contributed by atoms with Gasteiger partial charge in [-0.15, -0.1) is 0 Å². The number of nitrogens with zero attached hydrogens (tertiary/aromatic N) is 1. The van der Waals surface area contributed by atoms with E-state index < -0.39 is 0 Å². The molecule has 0 amide bonds. The molecule has 0 radical (unpaired) electrons. The number of anilines is 2. The second kappa shape index (κ2) is 8.08. The summed E-state index contributed by atoms with van der Waals surface area (Å²) >= 11 is 5.38. The molecule has 1 saturated heterocycles. The van der Waals surface area contributed by atoms with E-state index >= 15 is 0 Å². The number of rotatable bonds is 4. The summed E-state index contributed by atoms with van der Waals surface area (Å²) < 4.78 is 18.3. The number of hydrogen-bond donors (Lipinski definition) is 2. The van der Waals surface area contributed by atoms with Crippen molar-refractivity contribution in [2.24, 2.45) is 0 Å². The van der Waals surface area contributed by atoms with Crippen LogP contribution in [0.3, 0.4) is 0 Å². The van der Waals surface area contributed by atoms with Crippen molar-refractivity contribution in [3.8, 4) is 0 Å². The predicted molar refractivity (Wildman–Crippen MR) is 98.9 cm³/mol. The lowest BCUT2D eigenvalue weighted by atomic mass is 10.2. The first kappa shape index (κ1) is 16.7. The van der Waals surface area contributed by atoms with Gasteiger partial charge in [0.25, 0.3) is 0 Å². The molecule has 24 heavy (non-hydrogen) atoms. The molecule has 0 aliphatic carbocycles. The summed E-state index contributed by atoms with van der Waals surface area (Å²) in [6.45, 7) is 3.76. The minimum absolute atomic E-state index is 0.237. The lowest BCUT2D eigenvalue weighted by Crippen LogP contribution is -2.37. The van der Waals surface area contributed by atoms with Gasteiger partial charge in [-0.2, -0.15) is 0 Å². The van der Waals surface area contributed by atoms with E-state index in [0.29, 0.717) is 11.7 Å². The first-order valence-corrected chi connectivity index (χ1v) is 8.34. The van der Waals surface area contributed by atoms with Crippen molar-refractivity contribution in [2.75, 3.05) is 36.5 Å². The number of nitrogens with one attached hydrogen (secondary N) is 2. The third-order valence-electron chi connectivity index (χ3n) is 3.87. The monoisotopic (exact) mass is 345 g/mol. The Morgan fingerprint density at radius 3 is 2.54 bits per heavy atom. The van der Waals surface area contributed by atoms with Gasteiger partial charge in [-0.05, 0) is 42.0 Å². The Labute approximate surface area is 146 Å². The maximum atomic E-state index is 12.9. The van der Waals surface area contributed by atoms with E-state index in [2.05, 4.69) is 21.6 Å². The average molecular weight is 345 g/mol. The predicted octanol–water partition coefficient (Wildman–Crippen LogP) is 3.15. The van der Waals surface area contributed by atoms with Crippen LogP contribution in [0.1, 0.15) is 5.56 Å². The van der Waals surface area contributed by atoms with Gasteiger partial charge >= 0.3 is 0 Å². The fourth-order valence-corrected chi connectivity index (χ4v) is 2.79. The lowest BCUT2D eigenvalue weighted by molar-refractivity contribution is 0.123. The second-order valence-corrected chi connectivity index (χ2v) is 5.96. The highest BCUT2D eigenvalue weighted by Gasteiger charge is 2.14. The Balaban J connectivity index is 1.60. The van der Waals surface area contributed by atoms with Gasteiger partial charge in [-0.3, -0.25) is 0 Å². The molecule has 4 nitrogen and oxygen atoms in total. The van der Waals surface area contributed by atoms with Crippen LogP contribution in [-0.2, 0) is 11.3 Å². The summed E-state index contributed by atoms with van der Waals surface area (Å²) in [5, 5.41) is 6.95. The highest BCUT2D eigenvalue weighted by atomic mass is 32.1. The number of hydrogen-bond acceptors (Lipinski definition) is 3. The Morgan fingerprint density at radius 1 is 1.08 bits per heavy atom. The zero-order valence-corrected chi connectivity index (χ0v) is 14.1. The number of para-hydroxylation sites is 2. The van der Waals surface area contributed by atoms with Crippen molar-refractivity contribution in [1.29, 1.82) is 0 Å². The highest BCUT2D eigenvalue weighted by molar-refractivity contribution is 7.80. The molecule has 2 N–H and O–H groups in total. The van der Waals surface area contributed by atoms with E-state index in [0.717, 1.165) is 43.2 Å². The van der Waals surface area contributed by atoms with Crippen LogP contribution >= 0.6 is 12.2 Å². The van der Waals surface area contributed by atoms with Crippen LogP contribution in [0.25, 0.3) is 0 Å². The van der Waals surface area contributed by atoms with Gasteiger partial charge in [-0.25, -0.2) is 4.39 Å². The molecule has 1 aliphatic rings. The van der Waals surface area contributed by atoms with Crippen molar-refractivity contribution in [3.63, 3.8) is 0 Å². The molecular weight excluding hydrogens is 325 g/mol.